The number of hydrogen-bond donors (Lipinski definition) is 0. The lowest BCUT2D eigenvalue weighted by Crippen LogP contribution is -2.00. The molecular weight excluding hydrogens is 216 g/mol. The third-order valence-electron chi connectivity index (χ3n) is 1.28. The predicted molar refractivity (Wildman–Crippen MR) is 57.9 cm³/mol. The second kappa shape index (κ2) is 9.34. The van der Waals surface area contributed by atoms with Gasteiger partial charge in [0.05, 0.1) is 0 Å². The minimum Gasteiger partial charge on any atom is -0.265 e. The van der Waals surface area contributed by atoms with Crippen molar-refractivity contribution in [3.05, 3.63) is 30.6 Å². The van der Waals surface area contributed by atoms with Crippen LogP contribution in [0.15, 0.2) is 35.6 Å². The zero-order chi connectivity index (χ0) is 12.9. The Morgan fingerprint density at radius 3 is 1.71 bits per heavy atom. The van der Waals surface area contributed by atoms with E-state index in [1.165, 1.54) is 24.3 Å². The maximum atomic E-state index is 8.17. The molecule has 0 aromatic carbocycles. The number of nitriles is 4. The Balaban J connectivity index is 0.000000354. The van der Waals surface area contributed by atoms with E-state index in [9.17, 15) is 0 Å². The smallest absolute Gasteiger partial charge is 0.224 e. The lowest BCUT2D eigenvalue weighted by Gasteiger charge is -1.84. The Labute approximate surface area is 98.3 Å². The van der Waals surface area contributed by atoms with Gasteiger partial charge in [0, 0.05) is 12.4 Å². The van der Waals surface area contributed by atoms with Crippen LogP contribution in [0.25, 0.3) is 0 Å². The maximum absolute atomic E-state index is 8.17. The normalized spacial score (nSPS) is 7.12. The van der Waals surface area contributed by atoms with E-state index in [-0.39, 0.29) is 0 Å². The summed E-state index contributed by atoms with van der Waals surface area (Å²) in [7, 11) is 0. The van der Waals surface area contributed by atoms with E-state index in [0.29, 0.717) is 0 Å². The number of hydrogen-bond acceptors (Lipinski definition) is 6. The molecule has 1 aromatic heterocycles. The summed E-state index contributed by atoms with van der Waals surface area (Å²) in [6, 6.07) is 10.3. The van der Waals surface area contributed by atoms with Crippen molar-refractivity contribution in [2.75, 3.05) is 0 Å². The number of aliphatic imine (C=N–C) groups is 1. The molecular formula is C11H6N6. The minimum absolute atomic E-state index is 0.460. The zero-order valence-corrected chi connectivity index (χ0v) is 8.65. The van der Waals surface area contributed by atoms with Gasteiger partial charge in [0.1, 0.15) is 24.3 Å². The highest BCUT2D eigenvalue weighted by molar-refractivity contribution is 6.10. The Morgan fingerprint density at radius 1 is 0.941 bits per heavy atom. The first-order valence-electron chi connectivity index (χ1n) is 4.30. The Kier molecular flexibility index (Phi) is 7.57. The van der Waals surface area contributed by atoms with Gasteiger partial charge in [-0.1, -0.05) is 6.07 Å². The number of nitrogens with zero attached hydrogens (tertiary/aromatic N) is 6. The highest BCUT2D eigenvalue weighted by Gasteiger charge is 2.03. The first kappa shape index (κ1) is 13.8. The molecule has 0 atom stereocenters. The highest BCUT2D eigenvalue weighted by atomic mass is 14.8. The van der Waals surface area contributed by atoms with Gasteiger partial charge in [-0.25, -0.2) is 4.99 Å². The summed E-state index contributed by atoms with van der Waals surface area (Å²) >= 11 is 0. The minimum atomic E-state index is -1.26. The van der Waals surface area contributed by atoms with Crippen molar-refractivity contribution in [1.82, 2.24) is 4.98 Å². The van der Waals surface area contributed by atoms with Gasteiger partial charge in [-0.3, -0.25) is 4.98 Å². The van der Waals surface area contributed by atoms with Crippen molar-refractivity contribution in [1.29, 1.82) is 21.0 Å². The van der Waals surface area contributed by atoms with Crippen LogP contribution in [0.4, 0.5) is 0 Å². The molecule has 0 saturated carbocycles. The first-order chi connectivity index (χ1) is 8.28. The van der Waals surface area contributed by atoms with Gasteiger partial charge < -0.3 is 0 Å². The van der Waals surface area contributed by atoms with Crippen LogP contribution < -0.4 is 0 Å². The second-order valence-corrected chi connectivity index (χ2v) is 2.39. The third-order valence-corrected chi connectivity index (χ3v) is 1.28. The van der Waals surface area contributed by atoms with Crippen LogP contribution in [0.2, 0.25) is 0 Å². The van der Waals surface area contributed by atoms with E-state index in [1.54, 1.807) is 12.4 Å². The van der Waals surface area contributed by atoms with Crippen molar-refractivity contribution >= 4 is 5.71 Å². The number of aromatic nitrogens is 1. The lowest BCUT2D eigenvalue weighted by molar-refractivity contribution is 1.05. The van der Waals surface area contributed by atoms with Crippen LogP contribution in [0.3, 0.4) is 0 Å². The molecule has 0 aliphatic heterocycles. The fraction of sp³-hybridized carbons (Fsp3) is 0.0909. The van der Waals surface area contributed by atoms with Crippen molar-refractivity contribution < 1.29 is 0 Å². The van der Waals surface area contributed by atoms with Crippen molar-refractivity contribution in [2.45, 2.75) is 6.04 Å². The summed E-state index contributed by atoms with van der Waals surface area (Å²) in [5.74, 6) is 0. The Bertz CT molecular complexity index is 464. The topological polar surface area (TPSA) is 120 Å². The zero-order valence-electron chi connectivity index (χ0n) is 8.65. The van der Waals surface area contributed by atoms with Crippen LogP contribution in [0, 0.1) is 45.3 Å². The molecule has 0 aliphatic carbocycles. The van der Waals surface area contributed by atoms with Crippen LogP contribution in [-0.2, 0) is 0 Å². The van der Waals surface area contributed by atoms with Gasteiger partial charge in [0.2, 0.25) is 11.8 Å². The standard InChI is InChI=1S/C6HN5.C5H5N/c7-1-5(2-8)11-6(3-9)4-10;1-2-4-6-5-3-1/h5H;1-5H. The van der Waals surface area contributed by atoms with Gasteiger partial charge in [-0.05, 0) is 12.1 Å². The average molecular weight is 222 g/mol. The number of rotatable bonds is 1. The molecule has 6 heteroatoms. The molecule has 0 fully saturated rings. The fourth-order valence-electron chi connectivity index (χ4n) is 0.611. The molecule has 0 saturated heterocycles. The van der Waals surface area contributed by atoms with Gasteiger partial charge >= 0.3 is 0 Å². The molecule has 0 unspecified atom stereocenters. The van der Waals surface area contributed by atoms with Crippen LogP contribution >= 0.6 is 0 Å². The monoisotopic (exact) mass is 222 g/mol. The molecule has 0 aliphatic rings. The molecule has 0 radical (unpaired) electrons. The van der Waals surface area contributed by atoms with Crippen LogP contribution in [-0.4, -0.2) is 16.7 Å². The highest BCUT2D eigenvalue weighted by Crippen LogP contribution is 1.86. The van der Waals surface area contributed by atoms with E-state index in [2.05, 4.69) is 9.98 Å². The molecule has 80 valence electrons. The Morgan fingerprint density at radius 2 is 1.47 bits per heavy atom. The molecule has 1 aromatic rings. The second-order valence-electron chi connectivity index (χ2n) is 2.39. The Hall–Kier alpha value is -3.22. The predicted octanol–water partition coefficient (Wildman–Crippen LogP) is 0.972. The molecule has 0 spiro atoms. The third kappa shape index (κ3) is 6.80. The number of pyridine rings is 1. The lowest BCUT2D eigenvalue weighted by atomic mass is 10.3. The average Bonchev–Trinajstić information content (AvgIpc) is 2.43. The quantitative estimate of drug-likeness (QED) is 0.655. The SMILES string of the molecule is N#CC(C#N)=NC(C#N)C#N.c1ccncc1. The van der Waals surface area contributed by atoms with Crippen molar-refractivity contribution in [3.63, 3.8) is 0 Å². The molecule has 17 heavy (non-hydrogen) atoms. The van der Waals surface area contributed by atoms with Gasteiger partial charge in [-0.15, -0.1) is 0 Å². The first-order valence-corrected chi connectivity index (χ1v) is 4.30. The van der Waals surface area contributed by atoms with Gasteiger partial charge in [0.25, 0.3) is 0 Å². The van der Waals surface area contributed by atoms with Gasteiger partial charge in [0.15, 0.2) is 0 Å². The van der Waals surface area contributed by atoms with Gasteiger partial charge in [-0.2, -0.15) is 21.0 Å². The molecule has 0 bridgehead atoms. The summed E-state index contributed by atoms with van der Waals surface area (Å²) < 4.78 is 0. The van der Waals surface area contributed by atoms with E-state index in [0.717, 1.165) is 0 Å². The van der Waals surface area contributed by atoms with Crippen molar-refractivity contribution in [3.8, 4) is 24.3 Å². The van der Waals surface area contributed by atoms with E-state index in [1.807, 2.05) is 18.2 Å². The van der Waals surface area contributed by atoms with E-state index < -0.39 is 11.8 Å². The summed E-state index contributed by atoms with van der Waals surface area (Å²) in [5.41, 5.74) is -0.460. The van der Waals surface area contributed by atoms with Crippen LogP contribution in [0.1, 0.15) is 0 Å². The summed E-state index contributed by atoms with van der Waals surface area (Å²) in [6.07, 6.45) is 3.50. The molecule has 0 N–H and O–H groups in total. The molecule has 0 amide bonds. The molecule has 1 heterocycles. The fourth-order valence-corrected chi connectivity index (χ4v) is 0.611. The molecule has 6 nitrogen and oxygen atoms in total. The summed E-state index contributed by atoms with van der Waals surface area (Å²) in [6.45, 7) is 0. The van der Waals surface area contributed by atoms with E-state index >= 15 is 0 Å². The summed E-state index contributed by atoms with van der Waals surface area (Å²) in [4.78, 5) is 7.01. The van der Waals surface area contributed by atoms with Crippen molar-refractivity contribution in [2.24, 2.45) is 4.99 Å². The maximum Gasteiger partial charge on any atom is 0.224 e. The summed E-state index contributed by atoms with van der Waals surface area (Å²) in [5, 5.41) is 32.6. The largest absolute Gasteiger partial charge is 0.265 e. The van der Waals surface area contributed by atoms with Crippen LogP contribution in [0.5, 0.6) is 0 Å². The van der Waals surface area contributed by atoms with E-state index in [4.69, 9.17) is 21.0 Å². The molecule has 1 rings (SSSR count).